The van der Waals surface area contributed by atoms with Crippen molar-refractivity contribution < 1.29 is 0 Å². The quantitative estimate of drug-likeness (QED) is 0.369. The van der Waals surface area contributed by atoms with Gasteiger partial charge in [-0.2, -0.15) is 0 Å². The minimum atomic E-state index is -0.406. The largest absolute Gasteiger partial charge is 0.338 e. The van der Waals surface area contributed by atoms with Gasteiger partial charge in [-0.05, 0) is 48.4 Å². The normalized spacial score (nSPS) is 11.4. The van der Waals surface area contributed by atoms with E-state index >= 15 is 0 Å². The van der Waals surface area contributed by atoms with E-state index in [1.54, 1.807) is 34.9 Å². The standard InChI is InChI=1S/C27H22ClN3O2/c1-4-18-9-11-19(12-10-18)16-30-24-22-14-17(2)8-13-23(22)29(3)25(24)26(32)31(27(30)33)21-7-5-6-20(28)15-21/h4-15H,1,16H2,2-3H3. The maximum atomic E-state index is 13.8. The van der Waals surface area contributed by atoms with E-state index in [0.717, 1.165) is 27.6 Å². The summed E-state index contributed by atoms with van der Waals surface area (Å²) in [6.45, 7) is 6.12. The van der Waals surface area contributed by atoms with Crippen molar-refractivity contribution in [3.05, 3.63) is 116 Å². The molecule has 0 fully saturated rings. The molecule has 0 aliphatic carbocycles. The highest BCUT2D eigenvalue weighted by Gasteiger charge is 2.21. The molecule has 0 spiro atoms. The molecule has 0 saturated heterocycles. The number of aromatic nitrogens is 3. The summed E-state index contributed by atoms with van der Waals surface area (Å²) in [6.07, 6.45) is 1.78. The third kappa shape index (κ3) is 3.41. The highest BCUT2D eigenvalue weighted by molar-refractivity contribution is 6.30. The lowest BCUT2D eigenvalue weighted by Gasteiger charge is -2.14. The van der Waals surface area contributed by atoms with Gasteiger partial charge in [0.15, 0.2) is 0 Å². The van der Waals surface area contributed by atoms with E-state index in [9.17, 15) is 9.59 Å². The van der Waals surface area contributed by atoms with E-state index < -0.39 is 5.69 Å². The van der Waals surface area contributed by atoms with Gasteiger partial charge in [0.2, 0.25) is 0 Å². The highest BCUT2D eigenvalue weighted by atomic mass is 35.5. The summed E-state index contributed by atoms with van der Waals surface area (Å²) in [7, 11) is 1.86. The molecule has 5 aromatic rings. The van der Waals surface area contributed by atoms with E-state index in [1.807, 2.05) is 61.0 Å². The number of nitrogens with zero attached hydrogens (tertiary/aromatic N) is 3. The molecular formula is C27H22ClN3O2. The van der Waals surface area contributed by atoms with E-state index in [2.05, 4.69) is 6.58 Å². The van der Waals surface area contributed by atoms with Crippen molar-refractivity contribution >= 4 is 39.6 Å². The summed E-state index contributed by atoms with van der Waals surface area (Å²) in [5, 5.41) is 1.33. The van der Waals surface area contributed by atoms with Crippen LogP contribution in [0.25, 0.3) is 33.7 Å². The van der Waals surface area contributed by atoms with E-state index in [0.29, 0.717) is 28.3 Å². The topological polar surface area (TPSA) is 48.9 Å². The van der Waals surface area contributed by atoms with Gasteiger partial charge in [0.25, 0.3) is 5.56 Å². The third-order valence-corrected chi connectivity index (χ3v) is 6.28. The molecule has 0 radical (unpaired) electrons. The van der Waals surface area contributed by atoms with Crippen LogP contribution in [0.1, 0.15) is 16.7 Å². The molecule has 164 valence electrons. The van der Waals surface area contributed by atoms with Gasteiger partial charge < -0.3 is 4.57 Å². The summed E-state index contributed by atoms with van der Waals surface area (Å²) in [5.41, 5.74) is 4.68. The molecule has 5 nitrogen and oxygen atoms in total. The second-order valence-corrected chi connectivity index (χ2v) is 8.65. The SMILES string of the molecule is C=Cc1ccc(Cn2c(=O)n(-c3cccc(Cl)c3)c(=O)c3c2c2cc(C)ccc2n3C)cc1. The minimum absolute atomic E-state index is 0.320. The van der Waals surface area contributed by atoms with Gasteiger partial charge in [0.1, 0.15) is 5.52 Å². The van der Waals surface area contributed by atoms with E-state index in [4.69, 9.17) is 11.6 Å². The van der Waals surface area contributed by atoms with Gasteiger partial charge in [-0.1, -0.05) is 66.2 Å². The van der Waals surface area contributed by atoms with Crippen molar-refractivity contribution in [1.82, 2.24) is 13.7 Å². The molecule has 2 aromatic heterocycles. The van der Waals surface area contributed by atoms with E-state index in [1.165, 1.54) is 4.57 Å². The van der Waals surface area contributed by atoms with Gasteiger partial charge in [-0.15, -0.1) is 0 Å². The minimum Gasteiger partial charge on any atom is -0.338 e. The van der Waals surface area contributed by atoms with Crippen LogP contribution in [0, 0.1) is 6.92 Å². The molecule has 33 heavy (non-hydrogen) atoms. The Hall–Kier alpha value is -3.83. The molecule has 0 atom stereocenters. The predicted molar refractivity (Wildman–Crippen MR) is 136 cm³/mol. The Morgan fingerprint density at radius 1 is 0.970 bits per heavy atom. The summed E-state index contributed by atoms with van der Waals surface area (Å²) in [5.74, 6) is 0. The van der Waals surface area contributed by atoms with Crippen LogP contribution in [-0.4, -0.2) is 13.7 Å². The molecule has 0 unspecified atom stereocenters. The monoisotopic (exact) mass is 455 g/mol. The lowest BCUT2D eigenvalue weighted by molar-refractivity contribution is 0.712. The first-order valence-corrected chi connectivity index (χ1v) is 11.0. The number of fused-ring (bicyclic) bond motifs is 3. The summed E-state index contributed by atoms with van der Waals surface area (Å²) in [4.78, 5) is 27.5. The van der Waals surface area contributed by atoms with Gasteiger partial charge in [-0.3, -0.25) is 9.36 Å². The molecule has 6 heteroatoms. The van der Waals surface area contributed by atoms with Crippen LogP contribution in [0.5, 0.6) is 0 Å². The van der Waals surface area contributed by atoms with Crippen molar-refractivity contribution in [1.29, 1.82) is 0 Å². The van der Waals surface area contributed by atoms with Crippen molar-refractivity contribution in [3.63, 3.8) is 0 Å². The average Bonchev–Trinajstić information content (AvgIpc) is 3.09. The molecule has 0 aliphatic rings. The molecule has 5 rings (SSSR count). The second-order valence-electron chi connectivity index (χ2n) is 8.21. The van der Waals surface area contributed by atoms with E-state index in [-0.39, 0.29) is 5.56 Å². The van der Waals surface area contributed by atoms with Gasteiger partial charge in [0.05, 0.1) is 23.3 Å². The molecular weight excluding hydrogens is 434 g/mol. The van der Waals surface area contributed by atoms with Crippen LogP contribution in [0.2, 0.25) is 5.02 Å². The van der Waals surface area contributed by atoms with Crippen LogP contribution in [-0.2, 0) is 13.6 Å². The van der Waals surface area contributed by atoms with Gasteiger partial charge in [0, 0.05) is 17.5 Å². The summed E-state index contributed by atoms with van der Waals surface area (Å²) in [6, 6.07) is 20.7. The number of rotatable bonds is 4. The fraction of sp³-hybridized carbons (Fsp3) is 0.111. The van der Waals surface area contributed by atoms with Crippen LogP contribution in [0.3, 0.4) is 0 Å². The molecule has 0 aliphatic heterocycles. The fourth-order valence-corrected chi connectivity index (χ4v) is 4.58. The molecule has 2 heterocycles. The zero-order valence-corrected chi connectivity index (χ0v) is 19.1. The molecule has 0 N–H and O–H groups in total. The zero-order chi connectivity index (χ0) is 23.3. The first-order chi connectivity index (χ1) is 15.9. The van der Waals surface area contributed by atoms with Crippen molar-refractivity contribution in [2.24, 2.45) is 7.05 Å². The van der Waals surface area contributed by atoms with Crippen LogP contribution in [0.15, 0.2) is 82.9 Å². The number of hydrogen-bond donors (Lipinski definition) is 0. The van der Waals surface area contributed by atoms with Crippen LogP contribution >= 0.6 is 11.6 Å². The van der Waals surface area contributed by atoms with Gasteiger partial charge >= 0.3 is 5.69 Å². The lowest BCUT2D eigenvalue weighted by atomic mass is 10.1. The smallest absolute Gasteiger partial charge is 0.336 e. The Labute approximate surface area is 195 Å². The second kappa shape index (κ2) is 7.94. The number of benzene rings is 3. The zero-order valence-electron chi connectivity index (χ0n) is 18.4. The van der Waals surface area contributed by atoms with Crippen LogP contribution < -0.4 is 11.2 Å². The Morgan fingerprint density at radius 3 is 2.42 bits per heavy atom. The van der Waals surface area contributed by atoms with Gasteiger partial charge in [-0.25, -0.2) is 9.36 Å². The number of halogens is 1. The maximum Gasteiger partial charge on any atom is 0.336 e. The van der Waals surface area contributed by atoms with Crippen LogP contribution in [0.4, 0.5) is 0 Å². The number of hydrogen-bond acceptors (Lipinski definition) is 2. The highest BCUT2D eigenvalue weighted by Crippen LogP contribution is 2.27. The Balaban J connectivity index is 1.91. The summed E-state index contributed by atoms with van der Waals surface area (Å²) >= 11 is 6.19. The Kier molecular flexibility index (Phi) is 5.06. The first kappa shape index (κ1) is 21.0. The predicted octanol–water partition coefficient (Wildman–Crippen LogP) is 5.30. The molecule has 3 aromatic carbocycles. The average molecular weight is 456 g/mol. The lowest BCUT2D eigenvalue weighted by Crippen LogP contribution is -2.39. The summed E-state index contributed by atoms with van der Waals surface area (Å²) < 4.78 is 4.75. The van der Waals surface area contributed by atoms with Crippen molar-refractivity contribution in [2.45, 2.75) is 13.5 Å². The molecule has 0 amide bonds. The maximum absolute atomic E-state index is 13.8. The first-order valence-electron chi connectivity index (χ1n) is 10.6. The Bertz CT molecular complexity index is 1670. The fourth-order valence-electron chi connectivity index (χ4n) is 4.40. The number of aryl methyl sites for hydroxylation is 2. The Morgan fingerprint density at radius 2 is 1.73 bits per heavy atom. The molecule has 0 bridgehead atoms. The van der Waals surface area contributed by atoms with Crippen molar-refractivity contribution in [2.75, 3.05) is 0 Å². The van der Waals surface area contributed by atoms with Crippen molar-refractivity contribution in [3.8, 4) is 5.69 Å². The molecule has 0 saturated carbocycles. The third-order valence-electron chi connectivity index (χ3n) is 6.05.